The van der Waals surface area contributed by atoms with Crippen LogP contribution in [0.4, 0.5) is 10.8 Å². The maximum absolute atomic E-state index is 12.4. The highest BCUT2D eigenvalue weighted by Gasteiger charge is 2.30. The number of hydrogen-bond donors (Lipinski definition) is 0. The van der Waals surface area contributed by atoms with Crippen molar-refractivity contribution in [3.05, 3.63) is 39.4 Å². The number of ether oxygens (including phenoxy) is 1. The van der Waals surface area contributed by atoms with Gasteiger partial charge in [-0.2, -0.15) is 0 Å². The van der Waals surface area contributed by atoms with Gasteiger partial charge in [-0.1, -0.05) is 17.7 Å². The number of benzene rings is 1. The summed E-state index contributed by atoms with van der Waals surface area (Å²) in [6, 6.07) is 3.73. The molecule has 1 fully saturated rings. The molecular formula is C20H23ClN2O5S2. The van der Waals surface area contributed by atoms with Crippen LogP contribution in [-0.4, -0.2) is 36.8 Å². The number of amides is 1. The Balaban J connectivity index is 1.68. The van der Waals surface area contributed by atoms with Crippen LogP contribution in [0, 0.1) is 19.8 Å². The molecule has 1 atom stereocenters. The Bertz CT molecular complexity index is 1060. The fraction of sp³-hybridized carbons (Fsp3) is 0.450. The minimum absolute atomic E-state index is 0.0349. The number of anilines is 2. The predicted octanol–water partition coefficient (Wildman–Crippen LogP) is 3.97. The van der Waals surface area contributed by atoms with E-state index in [0.29, 0.717) is 28.0 Å². The van der Waals surface area contributed by atoms with E-state index in [4.69, 9.17) is 16.3 Å². The van der Waals surface area contributed by atoms with Gasteiger partial charge in [0.25, 0.3) is 0 Å². The summed E-state index contributed by atoms with van der Waals surface area (Å²) in [6.07, 6.45) is 0.566. The van der Waals surface area contributed by atoms with Crippen molar-refractivity contribution in [2.24, 2.45) is 5.92 Å². The molecule has 10 heteroatoms. The summed E-state index contributed by atoms with van der Waals surface area (Å²) in [5, 5.41) is 2.61. The van der Waals surface area contributed by atoms with Crippen molar-refractivity contribution in [1.82, 2.24) is 4.98 Å². The van der Waals surface area contributed by atoms with E-state index in [-0.39, 0.29) is 36.4 Å². The minimum atomic E-state index is -3.03. The van der Waals surface area contributed by atoms with Crippen LogP contribution in [0.1, 0.15) is 36.6 Å². The van der Waals surface area contributed by atoms with Gasteiger partial charge in [0.05, 0.1) is 27.9 Å². The standard InChI is InChI=1S/C20H23ClN2O5S2/c1-12-6-13(2)19(17(21)7-12)23(14(3)24)20-22-16(10-29-20)9-28-18(25)8-15-4-5-30(26,27)11-15/h6-7,10,15H,4-5,8-9,11H2,1-3H3/t15-/m1/s1. The quantitative estimate of drug-likeness (QED) is 0.593. The lowest BCUT2D eigenvalue weighted by Gasteiger charge is -2.22. The van der Waals surface area contributed by atoms with E-state index in [9.17, 15) is 18.0 Å². The maximum Gasteiger partial charge on any atom is 0.306 e. The molecule has 1 aromatic carbocycles. The first-order valence-electron chi connectivity index (χ1n) is 9.43. The molecule has 0 N–H and O–H groups in total. The highest BCUT2D eigenvalue weighted by Crippen LogP contribution is 2.37. The van der Waals surface area contributed by atoms with E-state index in [2.05, 4.69) is 4.98 Å². The average molecular weight is 471 g/mol. The summed E-state index contributed by atoms with van der Waals surface area (Å²) >= 11 is 7.66. The highest BCUT2D eigenvalue weighted by molar-refractivity contribution is 7.91. The van der Waals surface area contributed by atoms with Crippen molar-refractivity contribution in [2.75, 3.05) is 16.4 Å². The molecule has 0 radical (unpaired) electrons. The SMILES string of the molecule is CC(=O)N(c1nc(COC(=O)C[C@H]2CCS(=O)(=O)C2)cs1)c1c(C)cc(C)cc1Cl. The van der Waals surface area contributed by atoms with Gasteiger partial charge >= 0.3 is 5.97 Å². The zero-order chi connectivity index (χ0) is 22.1. The van der Waals surface area contributed by atoms with Crippen LogP contribution in [0.2, 0.25) is 5.02 Å². The number of carbonyl (C=O) groups is 2. The molecule has 162 valence electrons. The zero-order valence-electron chi connectivity index (χ0n) is 17.0. The van der Waals surface area contributed by atoms with Crippen molar-refractivity contribution in [3.63, 3.8) is 0 Å². The molecule has 30 heavy (non-hydrogen) atoms. The number of hydrogen-bond acceptors (Lipinski definition) is 7. The molecule has 2 aromatic rings. The van der Waals surface area contributed by atoms with Crippen molar-refractivity contribution in [1.29, 1.82) is 0 Å². The lowest BCUT2D eigenvalue weighted by Crippen LogP contribution is -2.24. The molecule has 1 aromatic heterocycles. The molecule has 3 rings (SSSR count). The van der Waals surface area contributed by atoms with Gasteiger partial charge in [0.2, 0.25) is 5.91 Å². The monoisotopic (exact) mass is 470 g/mol. The largest absolute Gasteiger partial charge is 0.459 e. The van der Waals surface area contributed by atoms with E-state index in [1.165, 1.54) is 23.2 Å². The second-order valence-electron chi connectivity index (χ2n) is 7.52. The Morgan fingerprint density at radius 2 is 2.07 bits per heavy atom. The minimum Gasteiger partial charge on any atom is -0.459 e. The summed E-state index contributed by atoms with van der Waals surface area (Å²) in [6.45, 7) is 5.20. The first-order chi connectivity index (χ1) is 14.1. The molecule has 0 saturated carbocycles. The van der Waals surface area contributed by atoms with Crippen molar-refractivity contribution < 1.29 is 22.7 Å². The number of sulfone groups is 1. The fourth-order valence-electron chi connectivity index (χ4n) is 3.53. The average Bonchev–Trinajstić information content (AvgIpc) is 3.21. The van der Waals surface area contributed by atoms with E-state index in [1.54, 1.807) is 11.4 Å². The zero-order valence-corrected chi connectivity index (χ0v) is 19.4. The van der Waals surface area contributed by atoms with Gasteiger partial charge in [0.15, 0.2) is 15.0 Å². The molecular weight excluding hydrogens is 448 g/mol. The molecule has 1 aliphatic rings. The molecule has 1 saturated heterocycles. The molecule has 0 spiro atoms. The van der Waals surface area contributed by atoms with Crippen LogP contribution in [0.25, 0.3) is 0 Å². The summed E-state index contributed by atoms with van der Waals surface area (Å²) < 4.78 is 28.3. The molecule has 2 heterocycles. The smallest absolute Gasteiger partial charge is 0.306 e. The van der Waals surface area contributed by atoms with Crippen LogP contribution in [-0.2, 0) is 30.8 Å². The number of thiazole rings is 1. The number of aromatic nitrogens is 1. The number of aryl methyl sites for hydroxylation is 2. The van der Waals surface area contributed by atoms with Crippen molar-refractivity contribution in [2.45, 2.75) is 40.2 Å². The van der Waals surface area contributed by atoms with Crippen LogP contribution >= 0.6 is 22.9 Å². The third-order valence-electron chi connectivity index (χ3n) is 4.83. The van der Waals surface area contributed by atoms with Crippen LogP contribution in [0.15, 0.2) is 17.5 Å². The first kappa shape index (κ1) is 22.7. The predicted molar refractivity (Wildman–Crippen MR) is 117 cm³/mol. The van der Waals surface area contributed by atoms with E-state index in [1.807, 2.05) is 19.9 Å². The molecule has 7 nitrogen and oxygen atoms in total. The molecule has 1 aliphatic heterocycles. The van der Waals surface area contributed by atoms with Gasteiger partial charge in [-0.15, -0.1) is 11.3 Å². The van der Waals surface area contributed by atoms with Gasteiger partial charge in [0.1, 0.15) is 6.61 Å². The number of rotatable bonds is 6. The second kappa shape index (κ2) is 9.03. The molecule has 0 aliphatic carbocycles. The number of halogens is 1. The molecule has 0 bridgehead atoms. The molecule has 0 unspecified atom stereocenters. The molecule has 1 amide bonds. The first-order valence-corrected chi connectivity index (χ1v) is 12.5. The Morgan fingerprint density at radius 1 is 1.33 bits per heavy atom. The third-order valence-corrected chi connectivity index (χ3v) is 7.83. The Hall–Kier alpha value is -1.97. The normalized spacial score (nSPS) is 17.7. The van der Waals surface area contributed by atoms with Gasteiger partial charge in [0, 0.05) is 18.7 Å². The fourth-order valence-corrected chi connectivity index (χ4v) is 6.65. The van der Waals surface area contributed by atoms with E-state index < -0.39 is 15.8 Å². The number of nitrogens with zero attached hydrogens (tertiary/aromatic N) is 2. The van der Waals surface area contributed by atoms with Gasteiger partial charge in [-0.25, -0.2) is 13.4 Å². The van der Waals surface area contributed by atoms with E-state index >= 15 is 0 Å². The lowest BCUT2D eigenvalue weighted by atomic mass is 10.1. The van der Waals surface area contributed by atoms with E-state index in [0.717, 1.165) is 11.1 Å². The number of esters is 1. The van der Waals surface area contributed by atoms with Crippen LogP contribution < -0.4 is 4.90 Å². The number of carbonyl (C=O) groups excluding carboxylic acids is 2. The topological polar surface area (TPSA) is 93.6 Å². The maximum atomic E-state index is 12.4. The summed E-state index contributed by atoms with van der Waals surface area (Å²) in [4.78, 5) is 30.3. The van der Waals surface area contributed by atoms with Crippen LogP contribution in [0.3, 0.4) is 0 Å². The van der Waals surface area contributed by atoms with Crippen molar-refractivity contribution in [3.8, 4) is 0 Å². The van der Waals surface area contributed by atoms with Gasteiger partial charge < -0.3 is 4.74 Å². The summed E-state index contributed by atoms with van der Waals surface area (Å²) in [5.41, 5.74) is 2.93. The van der Waals surface area contributed by atoms with Crippen LogP contribution in [0.5, 0.6) is 0 Å². The van der Waals surface area contributed by atoms with Gasteiger partial charge in [-0.05, 0) is 43.4 Å². The Labute approximate surface area is 184 Å². The second-order valence-corrected chi connectivity index (χ2v) is 11.0. The third kappa shape index (κ3) is 5.39. The lowest BCUT2D eigenvalue weighted by molar-refractivity contribution is -0.146. The summed E-state index contributed by atoms with van der Waals surface area (Å²) in [7, 11) is -3.03. The Kier molecular flexibility index (Phi) is 6.84. The highest BCUT2D eigenvalue weighted by atomic mass is 35.5. The summed E-state index contributed by atoms with van der Waals surface area (Å²) in [5.74, 6) is -0.708. The van der Waals surface area contributed by atoms with Gasteiger partial charge in [-0.3, -0.25) is 14.5 Å². The Morgan fingerprint density at radius 3 is 2.67 bits per heavy atom. The van der Waals surface area contributed by atoms with Crippen molar-refractivity contribution >= 4 is 55.5 Å².